The maximum Gasteiger partial charge on any atom is 0.573 e. The van der Waals surface area contributed by atoms with Crippen molar-refractivity contribution in [3.63, 3.8) is 0 Å². The molecule has 0 saturated carbocycles. The van der Waals surface area contributed by atoms with Gasteiger partial charge in [0, 0.05) is 5.56 Å². The molecule has 0 spiro atoms. The van der Waals surface area contributed by atoms with Crippen molar-refractivity contribution in [1.29, 1.82) is 0 Å². The first-order chi connectivity index (χ1) is 10.4. The number of rotatable bonds is 2. The smallest absolute Gasteiger partial charge is 0.405 e. The van der Waals surface area contributed by atoms with Gasteiger partial charge in [0.15, 0.2) is 0 Å². The molecule has 0 amide bonds. The van der Waals surface area contributed by atoms with Crippen LogP contribution in [0.3, 0.4) is 0 Å². The Kier molecular flexibility index (Phi) is 3.48. The van der Waals surface area contributed by atoms with Crippen molar-refractivity contribution in [3.8, 4) is 16.9 Å². The van der Waals surface area contributed by atoms with Crippen LogP contribution in [0.1, 0.15) is 0 Å². The molecule has 0 aliphatic carbocycles. The summed E-state index contributed by atoms with van der Waals surface area (Å²) in [5, 5.41) is 1.42. The molecule has 3 aromatic rings. The average molecular weight is 306 g/mol. The summed E-state index contributed by atoms with van der Waals surface area (Å²) in [6, 6.07) is 15.2. The molecule has 3 aromatic carbocycles. The predicted octanol–water partition coefficient (Wildman–Crippen LogP) is 5.54. The van der Waals surface area contributed by atoms with Gasteiger partial charge in [-0.3, -0.25) is 0 Å². The van der Waals surface area contributed by atoms with Gasteiger partial charge in [-0.1, -0.05) is 36.4 Å². The highest BCUT2D eigenvalue weighted by atomic mass is 19.4. The molecule has 0 bridgehead atoms. The SMILES string of the molecule is Fc1ccc2cc(-c3ccccc3OC(F)(F)F)ccc2c1. The summed E-state index contributed by atoms with van der Waals surface area (Å²) in [6.07, 6.45) is -4.75. The summed E-state index contributed by atoms with van der Waals surface area (Å²) >= 11 is 0. The number of benzene rings is 3. The van der Waals surface area contributed by atoms with Crippen molar-refractivity contribution >= 4 is 10.8 Å². The van der Waals surface area contributed by atoms with Crippen LogP contribution in [0.4, 0.5) is 17.6 Å². The first kappa shape index (κ1) is 14.4. The molecule has 0 atom stereocenters. The number of fused-ring (bicyclic) bond motifs is 1. The average Bonchev–Trinajstić information content (AvgIpc) is 2.46. The summed E-state index contributed by atoms with van der Waals surface area (Å²) in [7, 11) is 0. The number of alkyl halides is 3. The number of para-hydroxylation sites is 1. The minimum absolute atomic E-state index is 0.267. The monoisotopic (exact) mass is 306 g/mol. The quantitative estimate of drug-likeness (QED) is 0.564. The highest BCUT2D eigenvalue weighted by Gasteiger charge is 2.32. The summed E-state index contributed by atoms with van der Waals surface area (Å²) in [5.74, 6) is -0.627. The lowest BCUT2D eigenvalue weighted by molar-refractivity contribution is -0.274. The molecule has 3 rings (SSSR count). The number of ether oxygens (including phenoxy) is 1. The number of hydrogen-bond acceptors (Lipinski definition) is 1. The van der Waals surface area contributed by atoms with E-state index >= 15 is 0 Å². The summed E-state index contributed by atoms with van der Waals surface area (Å²) in [5.41, 5.74) is 0.894. The van der Waals surface area contributed by atoms with Crippen LogP contribution in [0.2, 0.25) is 0 Å². The van der Waals surface area contributed by atoms with E-state index < -0.39 is 6.36 Å². The van der Waals surface area contributed by atoms with E-state index in [1.54, 1.807) is 36.4 Å². The maximum atomic E-state index is 13.2. The second-order valence-electron chi connectivity index (χ2n) is 4.75. The van der Waals surface area contributed by atoms with Crippen LogP contribution in [-0.4, -0.2) is 6.36 Å². The molecule has 0 saturated heterocycles. The molecule has 0 radical (unpaired) electrons. The van der Waals surface area contributed by atoms with Crippen LogP contribution in [0.5, 0.6) is 5.75 Å². The van der Waals surface area contributed by atoms with Crippen molar-refractivity contribution in [1.82, 2.24) is 0 Å². The van der Waals surface area contributed by atoms with Crippen LogP contribution in [0.25, 0.3) is 21.9 Å². The second-order valence-corrected chi connectivity index (χ2v) is 4.75. The summed E-state index contributed by atoms with van der Waals surface area (Å²) in [6.45, 7) is 0. The topological polar surface area (TPSA) is 9.23 Å². The van der Waals surface area contributed by atoms with Gasteiger partial charge in [-0.25, -0.2) is 4.39 Å². The molecule has 5 heteroatoms. The first-order valence-corrected chi connectivity index (χ1v) is 6.47. The van der Waals surface area contributed by atoms with Crippen LogP contribution in [-0.2, 0) is 0 Å². The van der Waals surface area contributed by atoms with Gasteiger partial charge in [-0.2, -0.15) is 0 Å². The first-order valence-electron chi connectivity index (χ1n) is 6.47. The van der Waals surface area contributed by atoms with Gasteiger partial charge in [0.2, 0.25) is 0 Å². The molecule has 0 fully saturated rings. The summed E-state index contributed by atoms with van der Waals surface area (Å²) < 4.78 is 54.6. The van der Waals surface area contributed by atoms with Gasteiger partial charge < -0.3 is 4.74 Å². The molecule has 22 heavy (non-hydrogen) atoms. The molecule has 112 valence electrons. The van der Waals surface area contributed by atoms with Gasteiger partial charge in [-0.05, 0) is 40.6 Å². The minimum Gasteiger partial charge on any atom is -0.405 e. The zero-order valence-electron chi connectivity index (χ0n) is 11.2. The summed E-state index contributed by atoms with van der Waals surface area (Å²) in [4.78, 5) is 0. The number of hydrogen-bond donors (Lipinski definition) is 0. The Morgan fingerprint density at radius 1 is 0.773 bits per heavy atom. The zero-order valence-corrected chi connectivity index (χ0v) is 11.2. The Labute approximate surface area is 123 Å². The van der Waals surface area contributed by atoms with Gasteiger partial charge in [0.05, 0.1) is 0 Å². The molecule has 0 N–H and O–H groups in total. The Balaban J connectivity index is 2.09. The van der Waals surface area contributed by atoms with Gasteiger partial charge >= 0.3 is 6.36 Å². The van der Waals surface area contributed by atoms with Crippen LogP contribution in [0.15, 0.2) is 60.7 Å². The van der Waals surface area contributed by atoms with Crippen LogP contribution < -0.4 is 4.74 Å². The molecule has 0 unspecified atom stereocenters. The lowest BCUT2D eigenvalue weighted by Crippen LogP contribution is -2.17. The van der Waals surface area contributed by atoms with E-state index in [1.807, 2.05) is 0 Å². The standard InChI is InChI=1S/C17H10F4O/c18-14-8-7-11-9-13(6-5-12(11)10-14)15-3-1-2-4-16(15)22-17(19,20)21/h1-10H. The normalized spacial score (nSPS) is 11.6. The Morgan fingerprint density at radius 2 is 1.45 bits per heavy atom. The van der Waals surface area contributed by atoms with E-state index in [0.29, 0.717) is 16.5 Å². The van der Waals surface area contributed by atoms with Gasteiger partial charge in [0.1, 0.15) is 11.6 Å². The van der Waals surface area contributed by atoms with Crippen LogP contribution >= 0.6 is 0 Å². The maximum absolute atomic E-state index is 13.2. The molecule has 0 aliphatic heterocycles. The Hall–Kier alpha value is -2.56. The van der Waals surface area contributed by atoms with E-state index in [-0.39, 0.29) is 11.6 Å². The fourth-order valence-electron chi connectivity index (χ4n) is 2.30. The van der Waals surface area contributed by atoms with E-state index in [2.05, 4.69) is 4.74 Å². The highest BCUT2D eigenvalue weighted by Crippen LogP contribution is 2.35. The largest absolute Gasteiger partial charge is 0.573 e. The van der Waals surface area contributed by atoms with Crippen molar-refractivity contribution in [3.05, 3.63) is 66.5 Å². The lowest BCUT2D eigenvalue weighted by atomic mass is 10.0. The predicted molar refractivity (Wildman–Crippen MR) is 76.0 cm³/mol. The van der Waals surface area contributed by atoms with E-state index in [0.717, 1.165) is 5.39 Å². The third-order valence-electron chi connectivity index (χ3n) is 3.23. The molecule has 0 heterocycles. The Morgan fingerprint density at radius 3 is 2.23 bits per heavy atom. The van der Waals surface area contributed by atoms with E-state index in [1.165, 1.54) is 24.3 Å². The van der Waals surface area contributed by atoms with Crippen molar-refractivity contribution < 1.29 is 22.3 Å². The molecule has 1 nitrogen and oxygen atoms in total. The third kappa shape index (κ3) is 3.03. The molecular formula is C17H10F4O. The Bertz CT molecular complexity index is 824. The van der Waals surface area contributed by atoms with E-state index in [9.17, 15) is 17.6 Å². The highest BCUT2D eigenvalue weighted by molar-refractivity contribution is 5.88. The fraction of sp³-hybridized carbons (Fsp3) is 0.0588. The zero-order chi connectivity index (χ0) is 15.7. The van der Waals surface area contributed by atoms with Crippen molar-refractivity contribution in [2.24, 2.45) is 0 Å². The fourth-order valence-corrected chi connectivity index (χ4v) is 2.30. The molecule has 0 aliphatic rings. The lowest BCUT2D eigenvalue weighted by Gasteiger charge is -2.13. The van der Waals surface area contributed by atoms with Crippen molar-refractivity contribution in [2.75, 3.05) is 0 Å². The second kappa shape index (κ2) is 5.33. The molecular weight excluding hydrogens is 296 g/mol. The van der Waals surface area contributed by atoms with E-state index in [4.69, 9.17) is 0 Å². The minimum atomic E-state index is -4.75. The van der Waals surface area contributed by atoms with Gasteiger partial charge in [0.25, 0.3) is 0 Å². The number of halogens is 4. The van der Waals surface area contributed by atoms with Gasteiger partial charge in [-0.15, -0.1) is 13.2 Å². The molecule has 0 aromatic heterocycles. The third-order valence-corrected chi connectivity index (χ3v) is 3.23. The van der Waals surface area contributed by atoms with Crippen molar-refractivity contribution in [2.45, 2.75) is 6.36 Å². The van der Waals surface area contributed by atoms with Crippen LogP contribution in [0, 0.1) is 5.82 Å².